The molecule has 0 aliphatic heterocycles. The highest BCUT2D eigenvalue weighted by Crippen LogP contribution is 2.34. The maximum atomic E-state index is 13.5. The Morgan fingerprint density at radius 2 is 1.66 bits per heavy atom. The predicted molar refractivity (Wildman–Crippen MR) is 140 cm³/mol. The topological polar surface area (TPSA) is 79.8 Å². The molecule has 0 unspecified atom stereocenters. The van der Waals surface area contributed by atoms with Crippen molar-refractivity contribution >= 4 is 39.2 Å². The molecule has 2 heterocycles. The van der Waals surface area contributed by atoms with Gasteiger partial charge in [-0.15, -0.1) is 0 Å². The molecular formula is C28H25ClN4O2. The van der Waals surface area contributed by atoms with Gasteiger partial charge in [0.25, 0.3) is 11.5 Å². The van der Waals surface area contributed by atoms with Crippen molar-refractivity contribution in [3.05, 3.63) is 111 Å². The molecule has 6 nitrogen and oxygen atoms in total. The molecule has 2 aromatic heterocycles. The Bertz CT molecular complexity index is 1590. The van der Waals surface area contributed by atoms with Crippen LogP contribution in [0.5, 0.6) is 0 Å². The quantitative estimate of drug-likeness (QED) is 0.320. The van der Waals surface area contributed by atoms with Gasteiger partial charge in [-0.2, -0.15) is 5.10 Å². The van der Waals surface area contributed by atoms with Gasteiger partial charge in [-0.3, -0.25) is 9.59 Å². The summed E-state index contributed by atoms with van der Waals surface area (Å²) in [6.07, 6.45) is 2.71. The number of halogens is 1. The number of H-pyrrole nitrogens is 1. The molecule has 2 N–H and O–H groups in total. The zero-order chi connectivity index (χ0) is 24.4. The Labute approximate surface area is 207 Å². The molecule has 0 spiro atoms. The average Bonchev–Trinajstić information content (AvgIpc) is 3.31. The van der Waals surface area contributed by atoms with Crippen LogP contribution in [0.25, 0.3) is 21.7 Å². The lowest BCUT2D eigenvalue weighted by atomic mass is 9.90. The van der Waals surface area contributed by atoms with Crippen LogP contribution in [0.3, 0.4) is 0 Å². The van der Waals surface area contributed by atoms with Gasteiger partial charge in [0.1, 0.15) is 0 Å². The summed E-state index contributed by atoms with van der Waals surface area (Å²) in [6, 6.07) is 22.8. The number of aromatic nitrogens is 3. The standard InChI is InChI=1S/C28H25ClN4O2/c1-2-15-33-28(35)21-12-4-3-11-20(21)26(32-33)27(34)31-17-22(18-9-5-7-13-24(18)29)23-16-30-25-14-8-6-10-19(23)25/h3-14,16,22,30H,2,15,17H2,1H3,(H,31,34)/t22-/m0/s1. The number of carbonyl (C=O) groups is 1. The van der Waals surface area contributed by atoms with Crippen LogP contribution in [0.15, 0.2) is 83.8 Å². The van der Waals surface area contributed by atoms with Crippen LogP contribution in [0.1, 0.15) is 40.9 Å². The first-order valence-electron chi connectivity index (χ1n) is 11.7. The number of hydrogen-bond acceptors (Lipinski definition) is 3. The second-order valence-electron chi connectivity index (χ2n) is 8.50. The van der Waals surface area contributed by atoms with Gasteiger partial charge in [-0.1, -0.05) is 73.1 Å². The van der Waals surface area contributed by atoms with Crippen LogP contribution in [0.2, 0.25) is 5.02 Å². The van der Waals surface area contributed by atoms with Gasteiger partial charge in [0.05, 0.1) is 5.39 Å². The Kier molecular flexibility index (Phi) is 6.38. The van der Waals surface area contributed by atoms with E-state index in [0.29, 0.717) is 28.9 Å². The molecule has 0 saturated heterocycles. The van der Waals surface area contributed by atoms with Crippen LogP contribution in [0.4, 0.5) is 0 Å². The van der Waals surface area contributed by atoms with Crippen molar-refractivity contribution < 1.29 is 4.79 Å². The summed E-state index contributed by atoms with van der Waals surface area (Å²) in [5.41, 5.74) is 3.04. The number of nitrogens with zero attached hydrogens (tertiary/aromatic N) is 2. The van der Waals surface area contributed by atoms with E-state index in [0.717, 1.165) is 28.5 Å². The molecule has 0 bridgehead atoms. The highest BCUT2D eigenvalue weighted by molar-refractivity contribution is 6.31. The average molecular weight is 485 g/mol. The van der Waals surface area contributed by atoms with E-state index in [9.17, 15) is 9.59 Å². The van der Waals surface area contributed by atoms with Gasteiger partial charge in [0, 0.05) is 46.5 Å². The lowest BCUT2D eigenvalue weighted by Gasteiger charge is -2.20. The first-order valence-corrected chi connectivity index (χ1v) is 12.0. The van der Waals surface area contributed by atoms with Crippen LogP contribution in [0, 0.1) is 0 Å². The van der Waals surface area contributed by atoms with Crippen molar-refractivity contribution in [3.8, 4) is 0 Å². The fraction of sp³-hybridized carbons (Fsp3) is 0.179. The molecule has 3 aromatic carbocycles. The van der Waals surface area contributed by atoms with Crippen LogP contribution >= 0.6 is 11.6 Å². The highest BCUT2D eigenvalue weighted by atomic mass is 35.5. The van der Waals surface area contributed by atoms with Crippen LogP contribution in [-0.2, 0) is 6.54 Å². The number of amides is 1. The lowest BCUT2D eigenvalue weighted by Crippen LogP contribution is -2.33. The molecule has 0 saturated carbocycles. The summed E-state index contributed by atoms with van der Waals surface area (Å²) < 4.78 is 1.38. The summed E-state index contributed by atoms with van der Waals surface area (Å²) in [7, 11) is 0. The maximum Gasteiger partial charge on any atom is 0.274 e. The minimum atomic E-state index is -0.331. The molecule has 5 rings (SSSR count). The van der Waals surface area contributed by atoms with E-state index in [4.69, 9.17) is 11.6 Å². The van der Waals surface area contributed by atoms with Gasteiger partial charge in [-0.25, -0.2) is 4.68 Å². The van der Waals surface area contributed by atoms with Gasteiger partial charge in [0.15, 0.2) is 5.69 Å². The van der Waals surface area contributed by atoms with Crippen LogP contribution in [-0.4, -0.2) is 27.2 Å². The van der Waals surface area contributed by atoms with Crippen molar-refractivity contribution in [3.63, 3.8) is 0 Å². The lowest BCUT2D eigenvalue weighted by molar-refractivity contribution is 0.0947. The fourth-order valence-corrected chi connectivity index (χ4v) is 4.84. The predicted octanol–water partition coefficient (Wildman–Crippen LogP) is 5.50. The number of rotatable bonds is 7. The molecule has 0 fully saturated rings. The second-order valence-corrected chi connectivity index (χ2v) is 8.90. The molecular weight excluding hydrogens is 460 g/mol. The zero-order valence-electron chi connectivity index (χ0n) is 19.3. The summed E-state index contributed by atoms with van der Waals surface area (Å²) in [5, 5.41) is 10.2. The van der Waals surface area contributed by atoms with Crippen molar-refractivity contribution in [2.45, 2.75) is 25.8 Å². The van der Waals surface area contributed by atoms with Gasteiger partial charge in [0.2, 0.25) is 0 Å². The SMILES string of the molecule is CCCn1nc(C(=O)NC[C@@H](c2ccccc2Cl)c2c[nH]c3ccccc23)c2ccccc2c1=O. The third-order valence-electron chi connectivity index (χ3n) is 6.26. The largest absolute Gasteiger partial charge is 0.361 e. The van der Waals surface area contributed by atoms with Gasteiger partial charge < -0.3 is 10.3 Å². The number of carbonyl (C=O) groups excluding carboxylic acids is 1. The molecule has 7 heteroatoms. The summed E-state index contributed by atoms with van der Waals surface area (Å²) >= 11 is 6.60. The van der Waals surface area contributed by atoms with E-state index in [1.54, 1.807) is 18.2 Å². The Morgan fingerprint density at radius 1 is 0.971 bits per heavy atom. The van der Waals surface area contributed by atoms with E-state index in [1.807, 2.05) is 61.7 Å². The van der Waals surface area contributed by atoms with Gasteiger partial charge >= 0.3 is 0 Å². The smallest absolute Gasteiger partial charge is 0.274 e. The number of benzene rings is 3. The normalized spacial score (nSPS) is 12.2. The molecule has 0 aliphatic carbocycles. The molecule has 1 atom stereocenters. The van der Waals surface area contributed by atoms with Crippen molar-refractivity contribution in [2.24, 2.45) is 0 Å². The van der Waals surface area contributed by atoms with Gasteiger partial charge in [-0.05, 0) is 35.7 Å². The second kappa shape index (κ2) is 9.76. The Morgan fingerprint density at radius 3 is 2.43 bits per heavy atom. The number of aromatic amines is 1. The summed E-state index contributed by atoms with van der Waals surface area (Å²) in [6.45, 7) is 2.73. The molecule has 0 aliphatic rings. The monoisotopic (exact) mass is 484 g/mol. The zero-order valence-corrected chi connectivity index (χ0v) is 20.0. The van der Waals surface area contributed by atoms with E-state index in [1.165, 1.54) is 4.68 Å². The van der Waals surface area contributed by atoms with Crippen LogP contribution < -0.4 is 10.9 Å². The van der Waals surface area contributed by atoms with E-state index in [-0.39, 0.29) is 23.1 Å². The minimum absolute atomic E-state index is 0.184. The number of nitrogens with one attached hydrogen (secondary N) is 2. The third-order valence-corrected chi connectivity index (χ3v) is 6.61. The van der Waals surface area contributed by atoms with Crippen molar-refractivity contribution in [1.82, 2.24) is 20.1 Å². The van der Waals surface area contributed by atoms with E-state index in [2.05, 4.69) is 21.5 Å². The first kappa shape index (κ1) is 22.9. The van der Waals surface area contributed by atoms with E-state index >= 15 is 0 Å². The third kappa shape index (κ3) is 4.33. The molecule has 176 valence electrons. The molecule has 35 heavy (non-hydrogen) atoms. The Balaban J connectivity index is 1.53. The number of para-hydroxylation sites is 1. The Hall–Kier alpha value is -3.90. The fourth-order valence-electron chi connectivity index (χ4n) is 4.57. The first-order chi connectivity index (χ1) is 17.1. The molecule has 5 aromatic rings. The number of aryl methyl sites for hydroxylation is 1. The van der Waals surface area contributed by atoms with Crippen molar-refractivity contribution in [1.29, 1.82) is 0 Å². The highest BCUT2D eigenvalue weighted by Gasteiger charge is 2.23. The summed E-state index contributed by atoms with van der Waals surface area (Å²) in [4.78, 5) is 29.6. The molecule has 0 radical (unpaired) electrons. The summed E-state index contributed by atoms with van der Waals surface area (Å²) in [5.74, 6) is -0.514. The number of hydrogen-bond donors (Lipinski definition) is 2. The van der Waals surface area contributed by atoms with Crippen molar-refractivity contribution in [2.75, 3.05) is 6.54 Å². The minimum Gasteiger partial charge on any atom is -0.361 e. The van der Waals surface area contributed by atoms with E-state index < -0.39 is 0 Å². The maximum absolute atomic E-state index is 13.5. The molecule has 1 amide bonds. The number of fused-ring (bicyclic) bond motifs is 2.